The lowest BCUT2D eigenvalue weighted by molar-refractivity contribution is -0.119. The van der Waals surface area contributed by atoms with Crippen LogP contribution >= 0.6 is 0 Å². The summed E-state index contributed by atoms with van der Waals surface area (Å²) in [5.74, 6) is -0.596. The minimum Gasteiger partial charge on any atom is -0.484 e. The van der Waals surface area contributed by atoms with Crippen LogP contribution in [0.15, 0.2) is 24.3 Å². The molecule has 0 saturated heterocycles. The highest BCUT2D eigenvalue weighted by molar-refractivity contribution is 5.94. The van der Waals surface area contributed by atoms with Gasteiger partial charge in [0.25, 0.3) is 11.8 Å². The maximum Gasteiger partial charge on any atom is 0.255 e. The molecule has 2 amide bonds. The second kappa shape index (κ2) is 7.34. The van der Waals surface area contributed by atoms with Gasteiger partial charge in [-0.05, 0) is 24.3 Å². The van der Waals surface area contributed by atoms with Crippen LogP contribution in [0.2, 0.25) is 0 Å². The molecule has 0 spiro atoms. The van der Waals surface area contributed by atoms with E-state index >= 15 is 0 Å². The number of carbonyl (C=O) groups is 2. The van der Waals surface area contributed by atoms with Crippen molar-refractivity contribution in [3.63, 3.8) is 0 Å². The highest BCUT2D eigenvalue weighted by Crippen LogP contribution is 2.12. The van der Waals surface area contributed by atoms with Gasteiger partial charge in [-0.3, -0.25) is 9.59 Å². The largest absolute Gasteiger partial charge is 0.484 e. The van der Waals surface area contributed by atoms with Gasteiger partial charge in [0.1, 0.15) is 5.75 Å². The van der Waals surface area contributed by atoms with E-state index in [9.17, 15) is 9.59 Å². The van der Waals surface area contributed by atoms with Crippen LogP contribution in [0.3, 0.4) is 0 Å². The van der Waals surface area contributed by atoms with Gasteiger partial charge in [0.2, 0.25) is 0 Å². The monoisotopic (exact) mass is 268 g/mol. The average Bonchev–Trinajstić information content (AvgIpc) is 2.42. The van der Waals surface area contributed by atoms with Crippen molar-refractivity contribution in [3.8, 4) is 5.75 Å². The van der Waals surface area contributed by atoms with Crippen LogP contribution in [0.25, 0.3) is 0 Å². The third-order valence-electron chi connectivity index (χ3n) is 2.27. The Morgan fingerprint density at radius 1 is 1.21 bits per heavy atom. The molecular weight excluding hydrogens is 252 g/mol. The fraction of sp³-hybridized carbons (Fsp3) is 0.333. The van der Waals surface area contributed by atoms with Crippen molar-refractivity contribution in [2.75, 3.05) is 19.8 Å². The number of amides is 2. The molecule has 0 radical (unpaired) electrons. The molecule has 1 rings (SSSR count). The van der Waals surface area contributed by atoms with Crippen LogP contribution in [0.4, 0.5) is 0 Å². The molecule has 0 aliphatic rings. The number of primary amides is 1. The lowest BCUT2D eigenvalue weighted by atomic mass is 10.2. The van der Waals surface area contributed by atoms with Crippen LogP contribution in [-0.4, -0.2) is 47.9 Å². The summed E-state index contributed by atoms with van der Waals surface area (Å²) in [5.41, 5.74) is 5.27. The van der Waals surface area contributed by atoms with Crippen molar-refractivity contribution in [1.82, 2.24) is 5.32 Å². The van der Waals surface area contributed by atoms with E-state index in [1.165, 1.54) is 24.3 Å². The first kappa shape index (κ1) is 14.9. The van der Waals surface area contributed by atoms with Gasteiger partial charge in [-0.15, -0.1) is 0 Å². The van der Waals surface area contributed by atoms with Crippen molar-refractivity contribution < 1.29 is 24.5 Å². The quantitative estimate of drug-likeness (QED) is 0.486. The van der Waals surface area contributed by atoms with Gasteiger partial charge < -0.3 is 26.0 Å². The number of ether oxygens (including phenoxy) is 1. The van der Waals surface area contributed by atoms with E-state index in [1.54, 1.807) is 0 Å². The Labute approximate surface area is 110 Å². The average molecular weight is 268 g/mol. The van der Waals surface area contributed by atoms with Gasteiger partial charge in [0.15, 0.2) is 6.61 Å². The zero-order chi connectivity index (χ0) is 14.3. The highest BCUT2D eigenvalue weighted by Gasteiger charge is 2.11. The number of aliphatic hydroxyl groups is 2. The summed E-state index contributed by atoms with van der Waals surface area (Å²) in [6.07, 6.45) is 0. The summed E-state index contributed by atoms with van der Waals surface area (Å²) in [6, 6.07) is 5.34. The smallest absolute Gasteiger partial charge is 0.255 e. The van der Waals surface area contributed by atoms with Crippen molar-refractivity contribution in [2.24, 2.45) is 5.73 Å². The van der Waals surface area contributed by atoms with E-state index in [2.05, 4.69) is 5.32 Å². The molecule has 0 bridgehead atoms. The number of nitrogens with one attached hydrogen (secondary N) is 1. The Morgan fingerprint density at radius 3 is 2.26 bits per heavy atom. The normalized spacial score (nSPS) is 10.3. The molecule has 0 aliphatic carbocycles. The van der Waals surface area contributed by atoms with Crippen molar-refractivity contribution in [1.29, 1.82) is 0 Å². The number of hydrogen-bond acceptors (Lipinski definition) is 5. The molecule has 0 atom stereocenters. The third kappa shape index (κ3) is 4.94. The zero-order valence-electron chi connectivity index (χ0n) is 10.2. The van der Waals surface area contributed by atoms with E-state index in [0.29, 0.717) is 11.3 Å². The van der Waals surface area contributed by atoms with Crippen molar-refractivity contribution in [2.45, 2.75) is 6.04 Å². The van der Waals surface area contributed by atoms with E-state index < -0.39 is 17.9 Å². The van der Waals surface area contributed by atoms with Crippen LogP contribution in [-0.2, 0) is 4.79 Å². The summed E-state index contributed by atoms with van der Waals surface area (Å²) in [4.78, 5) is 22.2. The first-order valence-electron chi connectivity index (χ1n) is 5.60. The standard InChI is InChI=1S/C12H16N2O5/c13-11(17)7-19-10-3-1-8(2-4-10)12(18)14-9(5-15)6-16/h1-4,9,15-16H,5-7H2,(H2,13,17)(H,14,18). The second-order valence-electron chi connectivity index (χ2n) is 3.81. The van der Waals surface area contributed by atoms with E-state index in [1.807, 2.05) is 0 Å². The molecule has 1 aromatic rings. The number of carbonyl (C=O) groups excluding carboxylic acids is 2. The summed E-state index contributed by atoms with van der Waals surface area (Å²) >= 11 is 0. The molecule has 0 saturated carbocycles. The first-order valence-corrected chi connectivity index (χ1v) is 5.60. The van der Waals surface area contributed by atoms with Crippen LogP contribution in [0.1, 0.15) is 10.4 Å². The maximum absolute atomic E-state index is 11.7. The van der Waals surface area contributed by atoms with Crippen molar-refractivity contribution >= 4 is 11.8 Å². The second-order valence-corrected chi connectivity index (χ2v) is 3.81. The highest BCUT2D eigenvalue weighted by atomic mass is 16.5. The van der Waals surface area contributed by atoms with Gasteiger partial charge in [-0.2, -0.15) is 0 Å². The molecule has 7 nitrogen and oxygen atoms in total. The van der Waals surface area contributed by atoms with Crippen LogP contribution < -0.4 is 15.8 Å². The van der Waals surface area contributed by atoms with E-state index in [-0.39, 0.29) is 19.8 Å². The van der Waals surface area contributed by atoms with Gasteiger partial charge in [0.05, 0.1) is 19.3 Å². The molecule has 104 valence electrons. The fourth-order valence-corrected chi connectivity index (χ4v) is 1.27. The predicted octanol–water partition coefficient (Wildman–Crippen LogP) is -1.37. The van der Waals surface area contributed by atoms with Gasteiger partial charge in [-0.1, -0.05) is 0 Å². The summed E-state index contributed by atoms with van der Waals surface area (Å²) in [7, 11) is 0. The number of rotatable bonds is 7. The molecule has 0 heterocycles. The first-order chi connectivity index (χ1) is 9.06. The third-order valence-corrected chi connectivity index (χ3v) is 2.27. The topological polar surface area (TPSA) is 122 Å². The number of benzene rings is 1. The lowest BCUT2D eigenvalue weighted by Gasteiger charge is -2.13. The molecule has 7 heteroatoms. The van der Waals surface area contributed by atoms with E-state index in [0.717, 1.165) is 0 Å². The Balaban J connectivity index is 2.60. The molecule has 1 aromatic carbocycles. The molecule has 5 N–H and O–H groups in total. The number of hydrogen-bond donors (Lipinski definition) is 4. The summed E-state index contributed by atoms with van der Waals surface area (Å²) in [6.45, 7) is -0.924. The van der Waals surface area contributed by atoms with Gasteiger partial charge >= 0.3 is 0 Å². The molecule has 0 aliphatic heterocycles. The van der Waals surface area contributed by atoms with Crippen molar-refractivity contribution in [3.05, 3.63) is 29.8 Å². The Kier molecular flexibility index (Phi) is 5.77. The molecule has 0 unspecified atom stereocenters. The zero-order valence-corrected chi connectivity index (χ0v) is 10.2. The van der Waals surface area contributed by atoms with Gasteiger partial charge in [-0.25, -0.2) is 0 Å². The Bertz CT molecular complexity index is 428. The Morgan fingerprint density at radius 2 is 1.79 bits per heavy atom. The number of nitrogens with two attached hydrogens (primary N) is 1. The lowest BCUT2D eigenvalue weighted by Crippen LogP contribution is -2.40. The fourth-order valence-electron chi connectivity index (χ4n) is 1.27. The van der Waals surface area contributed by atoms with E-state index in [4.69, 9.17) is 20.7 Å². The SMILES string of the molecule is NC(=O)COc1ccc(C(=O)NC(CO)CO)cc1. The molecule has 0 aromatic heterocycles. The molecular formula is C12H16N2O5. The summed E-state index contributed by atoms with van der Waals surface area (Å²) in [5, 5.41) is 20.1. The number of aliphatic hydroxyl groups excluding tert-OH is 2. The minimum atomic E-state index is -0.696. The maximum atomic E-state index is 11.7. The van der Waals surface area contributed by atoms with Crippen LogP contribution in [0, 0.1) is 0 Å². The predicted molar refractivity (Wildman–Crippen MR) is 66.6 cm³/mol. The minimum absolute atomic E-state index is 0.233. The molecule has 0 fully saturated rings. The summed E-state index contributed by atoms with van der Waals surface area (Å²) < 4.78 is 5.04. The molecule has 19 heavy (non-hydrogen) atoms. The van der Waals surface area contributed by atoms with Crippen LogP contribution in [0.5, 0.6) is 5.75 Å². The van der Waals surface area contributed by atoms with Gasteiger partial charge in [0, 0.05) is 5.56 Å². The Hall–Kier alpha value is -2.12.